The van der Waals surface area contributed by atoms with Crippen molar-refractivity contribution in [1.29, 1.82) is 0 Å². The van der Waals surface area contributed by atoms with Crippen LogP contribution in [0.15, 0.2) is 28.8 Å². The number of nitrogens with one attached hydrogen (secondary N) is 2. The summed E-state index contributed by atoms with van der Waals surface area (Å²) in [5.74, 6) is 0.621. The molecule has 1 aromatic heterocycles. The third-order valence-corrected chi connectivity index (χ3v) is 4.21. The Morgan fingerprint density at radius 1 is 1.25 bits per heavy atom. The van der Waals surface area contributed by atoms with Crippen LogP contribution in [0, 0.1) is 6.92 Å². The van der Waals surface area contributed by atoms with Crippen molar-refractivity contribution in [2.24, 2.45) is 0 Å². The summed E-state index contributed by atoms with van der Waals surface area (Å²) in [5.41, 5.74) is 0.484. The summed E-state index contributed by atoms with van der Waals surface area (Å²) in [6.45, 7) is 3.16. The standard InChI is InChI=1S/C17H20N4O3/c1-11(22)18-14-7-5-6-13(10-14)15(23)20-17(8-3-4-9-17)16-19-12(2)24-21-16/h5-7,10H,3-4,8-9H2,1-2H3,(H,18,22)(H,20,23). The minimum absolute atomic E-state index is 0.179. The lowest BCUT2D eigenvalue weighted by Gasteiger charge is -2.26. The van der Waals surface area contributed by atoms with Crippen molar-refractivity contribution in [1.82, 2.24) is 15.5 Å². The van der Waals surface area contributed by atoms with Crippen LogP contribution in [0.3, 0.4) is 0 Å². The number of nitrogens with zero attached hydrogens (tertiary/aromatic N) is 2. The Kier molecular flexibility index (Phi) is 4.33. The molecule has 126 valence electrons. The first kappa shape index (κ1) is 16.2. The van der Waals surface area contributed by atoms with E-state index in [1.165, 1.54) is 6.92 Å². The first-order valence-corrected chi connectivity index (χ1v) is 7.99. The van der Waals surface area contributed by atoms with Gasteiger partial charge in [0.1, 0.15) is 5.54 Å². The van der Waals surface area contributed by atoms with E-state index in [0.717, 1.165) is 25.7 Å². The summed E-state index contributed by atoms with van der Waals surface area (Å²) < 4.78 is 5.09. The second-order valence-corrected chi connectivity index (χ2v) is 6.14. The number of carbonyl (C=O) groups is 2. The van der Waals surface area contributed by atoms with Gasteiger partial charge in [-0.15, -0.1) is 0 Å². The summed E-state index contributed by atoms with van der Waals surface area (Å²) in [6.07, 6.45) is 3.56. The summed E-state index contributed by atoms with van der Waals surface area (Å²) in [5, 5.41) is 9.78. The normalized spacial score (nSPS) is 15.9. The Labute approximate surface area is 139 Å². The van der Waals surface area contributed by atoms with Gasteiger partial charge >= 0.3 is 0 Å². The van der Waals surface area contributed by atoms with Crippen molar-refractivity contribution in [3.63, 3.8) is 0 Å². The summed E-state index contributed by atoms with van der Waals surface area (Å²) >= 11 is 0. The molecule has 0 atom stereocenters. The van der Waals surface area contributed by atoms with Crippen LogP contribution in [0.2, 0.25) is 0 Å². The fraction of sp³-hybridized carbons (Fsp3) is 0.412. The van der Waals surface area contributed by atoms with Crippen LogP contribution in [0.5, 0.6) is 0 Å². The van der Waals surface area contributed by atoms with Gasteiger partial charge in [-0.25, -0.2) is 0 Å². The number of aryl methyl sites for hydroxylation is 1. The van der Waals surface area contributed by atoms with E-state index >= 15 is 0 Å². The first-order valence-electron chi connectivity index (χ1n) is 7.99. The molecule has 2 amide bonds. The molecule has 7 nitrogen and oxygen atoms in total. The zero-order chi connectivity index (χ0) is 17.2. The second-order valence-electron chi connectivity index (χ2n) is 6.14. The molecule has 0 aliphatic heterocycles. The van der Waals surface area contributed by atoms with Gasteiger partial charge in [-0.2, -0.15) is 4.98 Å². The van der Waals surface area contributed by atoms with Crippen molar-refractivity contribution in [2.45, 2.75) is 45.1 Å². The van der Waals surface area contributed by atoms with E-state index in [-0.39, 0.29) is 11.8 Å². The first-order chi connectivity index (χ1) is 11.5. The molecular weight excluding hydrogens is 308 g/mol. The van der Waals surface area contributed by atoms with Crippen LogP contribution < -0.4 is 10.6 Å². The van der Waals surface area contributed by atoms with Crippen molar-refractivity contribution in [2.75, 3.05) is 5.32 Å². The molecule has 1 heterocycles. The predicted octanol–water partition coefficient (Wildman–Crippen LogP) is 2.54. The minimum Gasteiger partial charge on any atom is -0.340 e. The van der Waals surface area contributed by atoms with Crippen LogP contribution >= 0.6 is 0 Å². The summed E-state index contributed by atoms with van der Waals surface area (Å²) in [6, 6.07) is 6.84. The average Bonchev–Trinajstić information content (AvgIpc) is 3.17. The third-order valence-electron chi connectivity index (χ3n) is 4.21. The van der Waals surface area contributed by atoms with Crippen molar-refractivity contribution in [3.8, 4) is 0 Å². The molecular formula is C17H20N4O3. The molecule has 1 aliphatic carbocycles. The number of anilines is 1. The Hall–Kier alpha value is -2.70. The molecule has 0 saturated heterocycles. The van der Waals surface area contributed by atoms with E-state index in [1.54, 1.807) is 31.2 Å². The van der Waals surface area contributed by atoms with Gasteiger partial charge < -0.3 is 15.2 Å². The zero-order valence-corrected chi connectivity index (χ0v) is 13.8. The highest BCUT2D eigenvalue weighted by Crippen LogP contribution is 2.37. The molecule has 3 rings (SSSR count). The Balaban J connectivity index is 1.83. The molecule has 2 N–H and O–H groups in total. The molecule has 0 bridgehead atoms. The molecule has 0 radical (unpaired) electrons. The zero-order valence-electron chi connectivity index (χ0n) is 13.8. The lowest BCUT2D eigenvalue weighted by atomic mass is 9.96. The Bertz CT molecular complexity index is 763. The lowest BCUT2D eigenvalue weighted by molar-refractivity contribution is -0.114. The van der Waals surface area contributed by atoms with E-state index in [2.05, 4.69) is 20.8 Å². The highest BCUT2D eigenvalue weighted by molar-refractivity contribution is 5.97. The van der Waals surface area contributed by atoms with Gasteiger partial charge in [0.2, 0.25) is 11.8 Å². The average molecular weight is 328 g/mol. The largest absolute Gasteiger partial charge is 0.340 e. The molecule has 2 aromatic rings. The molecule has 7 heteroatoms. The predicted molar refractivity (Wildman–Crippen MR) is 87.4 cm³/mol. The fourth-order valence-corrected chi connectivity index (χ4v) is 3.11. The molecule has 1 aromatic carbocycles. The van der Waals surface area contributed by atoms with Crippen LogP contribution in [0.25, 0.3) is 0 Å². The highest BCUT2D eigenvalue weighted by Gasteiger charge is 2.41. The summed E-state index contributed by atoms with van der Waals surface area (Å²) in [7, 11) is 0. The van der Waals surface area contributed by atoms with Crippen molar-refractivity contribution >= 4 is 17.5 Å². The number of amides is 2. The van der Waals surface area contributed by atoms with Gasteiger partial charge in [0.15, 0.2) is 5.82 Å². The van der Waals surface area contributed by atoms with Crippen LogP contribution in [-0.4, -0.2) is 22.0 Å². The summed E-state index contributed by atoms with van der Waals surface area (Å²) in [4.78, 5) is 28.2. The topological polar surface area (TPSA) is 97.1 Å². The van der Waals surface area contributed by atoms with Crippen LogP contribution in [0.4, 0.5) is 5.69 Å². The smallest absolute Gasteiger partial charge is 0.252 e. The molecule has 24 heavy (non-hydrogen) atoms. The monoisotopic (exact) mass is 328 g/mol. The van der Waals surface area contributed by atoms with Gasteiger partial charge in [0, 0.05) is 25.1 Å². The van der Waals surface area contributed by atoms with Gasteiger partial charge in [-0.3, -0.25) is 9.59 Å². The van der Waals surface area contributed by atoms with Gasteiger partial charge in [-0.1, -0.05) is 24.1 Å². The molecule has 0 unspecified atom stereocenters. The van der Waals surface area contributed by atoms with Crippen molar-refractivity contribution < 1.29 is 14.1 Å². The molecule has 1 aliphatic rings. The Morgan fingerprint density at radius 3 is 2.62 bits per heavy atom. The quantitative estimate of drug-likeness (QED) is 0.899. The molecule has 1 fully saturated rings. The maximum Gasteiger partial charge on any atom is 0.252 e. The van der Waals surface area contributed by atoms with Crippen LogP contribution in [0.1, 0.15) is 54.7 Å². The lowest BCUT2D eigenvalue weighted by Crippen LogP contribution is -2.44. The number of benzene rings is 1. The van der Waals surface area contributed by atoms with Crippen molar-refractivity contribution in [3.05, 3.63) is 41.5 Å². The number of aromatic nitrogens is 2. The van der Waals surface area contributed by atoms with Gasteiger partial charge in [-0.05, 0) is 31.0 Å². The maximum atomic E-state index is 12.7. The maximum absolute atomic E-state index is 12.7. The van der Waals surface area contributed by atoms with Gasteiger partial charge in [0.25, 0.3) is 5.91 Å². The number of hydrogen-bond donors (Lipinski definition) is 2. The third kappa shape index (κ3) is 3.29. The number of carbonyl (C=O) groups excluding carboxylic acids is 2. The number of hydrogen-bond acceptors (Lipinski definition) is 5. The van der Waals surface area contributed by atoms with E-state index in [9.17, 15) is 9.59 Å². The van der Waals surface area contributed by atoms with E-state index in [4.69, 9.17) is 4.52 Å². The SMILES string of the molecule is CC(=O)Nc1cccc(C(=O)NC2(c3noc(C)n3)CCCC2)c1. The fourth-order valence-electron chi connectivity index (χ4n) is 3.11. The molecule has 0 spiro atoms. The van der Waals surface area contributed by atoms with E-state index < -0.39 is 5.54 Å². The Morgan fingerprint density at radius 2 is 2.00 bits per heavy atom. The second kappa shape index (κ2) is 6.43. The minimum atomic E-state index is -0.584. The number of rotatable bonds is 4. The molecule has 1 saturated carbocycles. The van der Waals surface area contributed by atoms with E-state index in [0.29, 0.717) is 23.0 Å². The van der Waals surface area contributed by atoms with E-state index in [1.807, 2.05) is 0 Å². The van der Waals surface area contributed by atoms with Crippen LogP contribution in [-0.2, 0) is 10.3 Å². The highest BCUT2D eigenvalue weighted by atomic mass is 16.5. The van der Waals surface area contributed by atoms with Gasteiger partial charge in [0.05, 0.1) is 0 Å².